The Morgan fingerprint density at radius 2 is 1.74 bits per heavy atom. The number of rotatable bonds is 4. The average molecular weight is 254 g/mol. The number of hydrogen-bond acceptors (Lipinski definition) is 3. The topological polar surface area (TPSA) is 50.3 Å². The van der Waals surface area contributed by atoms with Gasteiger partial charge in [-0.2, -0.15) is 0 Å². The zero-order valence-corrected chi connectivity index (χ0v) is 10.6. The predicted octanol–water partition coefficient (Wildman–Crippen LogP) is 2.73. The maximum atomic E-state index is 12.2. The molecule has 0 atom stereocenters. The van der Waals surface area contributed by atoms with E-state index in [1.165, 1.54) is 11.8 Å². The summed E-state index contributed by atoms with van der Waals surface area (Å²) in [6, 6.07) is 14.5. The molecule has 0 saturated heterocycles. The summed E-state index contributed by atoms with van der Waals surface area (Å²) >= 11 is 0. The van der Waals surface area contributed by atoms with Crippen molar-refractivity contribution in [1.82, 2.24) is 4.98 Å². The smallest absolute Gasteiger partial charge is 0.240 e. The van der Waals surface area contributed by atoms with Crippen LogP contribution in [-0.4, -0.2) is 16.7 Å². The molecule has 0 saturated carbocycles. The Bertz CT molecular complexity index is 528. The summed E-state index contributed by atoms with van der Waals surface area (Å²) in [5.74, 6) is 0.0687. The van der Waals surface area contributed by atoms with Crippen molar-refractivity contribution in [3.63, 3.8) is 0 Å². The van der Waals surface area contributed by atoms with Gasteiger partial charge >= 0.3 is 0 Å². The predicted molar refractivity (Wildman–Crippen MR) is 73.1 cm³/mol. The Morgan fingerprint density at radius 1 is 1.05 bits per heavy atom. The van der Waals surface area contributed by atoms with Crippen LogP contribution in [-0.2, 0) is 9.59 Å². The first-order valence-electron chi connectivity index (χ1n) is 5.97. The van der Waals surface area contributed by atoms with Crippen LogP contribution >= 0.6 is 0 Å². The summed E-state index contributed by atoms with van der Waals surface area (Å²) in [7, 11) is 0. The van der Waals surface area contributed by atoms with Gasteiger partial charge in [-0.3, -0.25) is 14.5 Å². The third-order valence-corrected chi connectivity index (χ3v) is 2.54. The lowest BCUT2D eigenvalue weighted by molar-refractivity contribution is -0.125. The number of anilines is 2. The zero-order valence-electron chi connectivity index (χ0n) is 10.6. The number of nitrogens with zero attached hydrogens (tertiary/aromatic N) is 2. The largest absolute Gasteiger partial charge is 0.299 e. The fraction of sp³-hybridized carbons (Fsp3) is 0.133. The molecule has 4 heteroatoms. The van der Waals surface area contributed by atoms with E-state index in [0.29, 0.717) is 11.5 Å². The second kappa shape index (κ2) is 5.91. The fourth-order valence-corrected chi connectivity index (χ4v) is 1.76. The van der Waals surface area contributed by atoms with Crippen LogP contribution in [0.5, 0.6) is 0 Å². The van der Waals surface area contributed by atoms with Crippen molar-refractivity contribution in [2.24, 2.45) is 0 Å². The van der Waals surface area contributed by atoms with Gasteiger partial charge in [0, 0.05) is 6.20 Å². The molecule has 0 fully saturated rings. The van der Waals surface area contributed by atoms with E-state index in [1.54, 1.807) is 24.4 Å². The molecule has 0 N–H and O–H groups in total. The van der Waals surface area contributed by atoms with Crippen LogP contribution in [0, 0.1) is 0 Å². The van der Waals surface area contributed by atoms with Gasteiger partial charge in [-0.15, -0.1) is 0 Å². The second-order valence-electron chi connectivity index (χ2n) is 4.13. The molecule has 2 aromatic rings. The van der Waals surface area contributed by atoms with Crippen LogP contribution in [0.3, 0.4) is 0 Å². The summed E-state index contributed by atoms with van der Waals surface area (Å²) in [5, 5.41) is 0. The molecule has 0 unspecified atom stereocenters. The summed E-state index contributed by atoms with van der Waals surface area (Å²) in [6.45, 7) is 1.40. The summed E-state index contributed by atoms with van der Waals surface area (Å²) in [6.07, 6.45) is 1.48. The van der Waals surface area contributed by atoms with E-state index in [0.717, 1.165) is 0 Å². The average Bonchev–Trinajstić information content (AvgIpc) is 2.40. The van der Waals surface area contributed by atoms with Gasteiger partial charge in [0.1, 0.15) is 11.6 Å². The van der Waals surface area contributed by atoms with Gasteiger partial charge in [-0.1, -0.05) is 24.3 Å². The molecular formula is C15H14N2O2. The second-order valence-corrected chi connectivity index (χ2v) is 4.13. The van der Waals surface area contributed by atoms with Gasteiger partial charge in [0.2, 0.25) is 5.91 Å². The first-order valence-corrected chi connectivity index (χ1v) is 5.97. The van der Waals surface area contributed by atoms with Crippen molar-refractivity contribution in [2.75, 3.05) is 4.90 Å². The highest BCUT2D eigenvalue weighted by atomic mass is 16.2. The summed E-state index contributed by atoms with van der Waals surface area (Å²) < 4.78 is 0. The minimum Gasteiger partial charge on any atom is -0.299 e. The van der Waals surface area contributed by atoms with E-state index < -0.39 is 0 Å². The molecule has 1 heterocycles. The monoisotopic (exact) mass is 254 g/mol. The van der Waals surface area contributed by atoms with Gasteiger partial charge in [0.05, 0.1) is 12.1 Å². The van der Waals surface area contributed by atoms with E-state index in [1.807, 2.05) is 30.3 Å². The van der Waals surface area contributed by atoms with Crippen LogP contribution in [0.1, 0.15) is 13.3 Å². The zero-order chi connectivity index (χ0) is 13.7. The van der Waals surface area contributed by atoms with E-state index >= 15 is 0 Å². The van der Waals surface area contributed by atoms with Crippen molar-refractivity contribution in [1.29, 1.82) is 0 Å². The summed E-state index contributed by atoms with van der Waals surface area (Å²) in [5.41, 5.74) is 0.701. The number of para-hydroxylation sites is 1. The number of pyridine rings is 1. The molecule has 0 aliphatic carbocycles. The normalized spacial score (nSPS) is 9.95. The van der Waals surface area contributed by atoms with Gasteiger partial charge in [0.25, 0.3) is 0 Å². The molecule has 4 nitrogen and oxygen atoms in total. The Hall–Kier alpha value is -2.49. The van der Waals surface area contributed by atoms with Crippen molar-refractivity contribution in [2.45, 2.75) is 13.3 Å². The lowest BCUT2D eigenvalue weighted by Gasteiger charge is -2.21. The standard InChI is InChI=1S/C15H14N2O2/c1-12(18)11-15(19)17(13-7-3-2-4-8-13)14-9-5-6-10-16-14/h2-10H,11H2,1H3. The van der Waals surface area contributed by atoms with E-state index in [4.69, 9.17) is 0 Å². The quantitative estimate of drug-likeness (QED) is 0.788. The molecule has 0 radical (unpaired) electrons. The Balaban J connectivity index is 2.40. The Kier molecular flexibility index (Phi) is 4.03. The highest BCUT2D eigenvalue weighted by Crippen LogP contribution is 2.23. The highest BCUT2D eigenvalue weighted by molar-refractivity contribution is 6.08. The number of hydrogen-bond donors (Lipinski definition) is 0. The van der Waals surface area contributed by atoms with Gasteiger partial charge in [0.15, 0.2) is 0 Å². The van der Waals surface area contributed by atoms with Crippen molar-refractivity contribution in [3.05, 3.63) is 54.7 Å². The van der Waals surface area contributed by atoms with Crippen molar-refractivity contribution >= 4 is 23.2 Å². The first-order chi connectivity index (χ1) is 9.18. The van der Waals surface area contributed by atoms with Crippen LogP contribution in [0.2, 0.25) is 0 Å². The molecule has 0 spiro atoms. The van der Waals surface area contributed by atoms with Crippen LogP contribution in [0.15, 0.2) is 54.7 Å². The molecule has 96 valence electrons. The molecule has 1 aromatic carbocycles. The van der Waals surface area contributed by atoms with Crippen LogP contribution in [0.4, 0.5) is 11.5 Å². The highest BCUT2D eigenvalue weighted by Gasteiger charge is 2.19. The number of aromatic nitrogens is 1. The van der Waals surface area contributed by atoms with Gasteiger partial charge in [-0.05, 0) is 31.2 Å². The minimum absolute atomic E-state index is 0.133. The van der Waals surface area contributed by atoms with Crippen LogP contribution < -0.4 is 4.90 Å². The van der Waals surface area contributed by atoms with E-state index in [-0.39, 0.29) is 18.1 Å². The van der Waals surface area contributed by atoms with Crippen molar-refractivity contribution < 1.29 is 9.59 Å². The van der Waals surface area contributed by atoms with E-state index in [2.05, 4.69) is 4.98 Å². The Labute approximate surface area is 111 Å². The number of amides is 1. The fourth-order valence-electron chi connectivity index (χ4n) is 1.76. The molecular weight excluding hydrogens is 240 g/mol. The number of Topliss-reactive ketones (excluding diaryl/α,β-unsaturated/α-hetero) is 1. The molecule has 19 heavy (non-hydrogen) atoms. The first kappa shape index (κ1) is 13.0. The van der Waals surface area contributed by atoms with Gasteiger partial charge < -0.3 is 0 Å². The molecule has 2 rings (SSSR count). The minimum atomic E-state index is -0.280. The molecule has 0 bridgehead atoms. The number of benzene rings is 1. The maximum Gasteiger partial charge on any atom is 0.240 e. The number of carbonyl (C=O) groups excluding carboxylic acids is 2. The maximum absolute atomic E-state index is 12.2. The summed E-state index contributed by atoms with van der Waals surface area (Å²) in [4.78, 5) is 29.0. The SMILES string of the molecule is CC(=O)CC(=O)N(c1ccccc1)c1ccccn1. The van der Waals surface area contributed by atoms with E-state index in [9.17, 15) is 9.59 Å². The third-order valence-electron chi connectivity index (χ3n) is 2.54. The molecule has 0 aliphatic heterocycles. The number of ketones is 1. The molecule has 1 aromatic heterocycles. The van der Waals surface area contributed by atoms with Crippen LogP contribution in [0.25, 0.3) is 0 Å². The number of carbonyl (C=O) groups is 2. The molecule has 1 amide bonds. The van der Waals surface area contributed by atoms with Gasteiger partial charge in [-0.25, -0.2) is 4.98 Å². The van der Waals surface area contributed by atoms with Crippen molar-refractivity contribution in [3.8, 4) is 0 Å². The lowest BCUT2D eigenvalue weighted by atomic mass is 10.2. The molecule has 0 aliphatic rings. The lowest BCUT2D eigenvalue weighted by Crippen LogP contribution is -2.28. The Morgan fingerprint density at radius 3 is 2.32 bits per heavy atom. The third kappa shape index (κ3) is 3.25.